The summed E-state index contributed by atoms with van der Waals surface area (Å²) < 4.78 is 0. The summed E-state index contributed by atoms with van der Waals surface area (Å²) in [6.07, 6.45) is 0. The molecule has 0 aliphatic carbocycles. The number of hydrogen-bond acceptors (Lipinski definition) is 4. The molecule has 0 radical (unpaired) electrons. The van der Waals surface area contributed by atoms with E-state index in [0.29, 0.717) is 15.9 Å². The van der Waals surface area contributed by atoms with Gasteiger partial charge in [-0.05, 0) is 30.3 Å². The molecule has 0 aliphatic rings. The van der Waals surface area contributed by atoms with Gasteiger partial charge in [-0.3, -0.25) is 4.79 Å². The van der Waals surface area contributed by atoms with Crippen molar-refractivity contribution in [2.24, 2.45) is 0 Å². The normalized spacial score (nSPS) is 11.9. The van der Waals surface area contributed by atoms with E-state index in [1.807, 2.05) is 6.07 Å². The molecule has 1 heterocycles. The van der Waals surface area contributed by atoms with E-state index in [-0.39, 0.29) is 27.7 Å². The van der Waals surface area contributed by atoms with E-state index in [1.165, 1.54) is 18.2 Å². The van der Waals surface area contributed by atoms with Gasteiger partial charge in [0, 0.05) is 5.56 Å². The Morgan fingerprint density at radius 2 is 1.92 bits per heavy atom. The minimum absolute atomic E-state index is 0.0234. The van der Waals surface area contributed by atoms with Gasteiger partial charge in [0.05, 0.1) is 20.9 Å². The summed E-state index contributed by atoms with van der Waals surface area (Å²) in [5.41, 5.74) is 0.143. The van der Waals surface area contributed by atoms with Crippen molar-refractivity contribution >= 4 is 45.4 Å². The third kappa shape index (κ3) is 2.85. The Morgan fingerprint density at radius 1 is 1.17 bits per heavy atom. The molecule has 5 nitrogen and oxygen atoms in total. The van der Waals surface area contributed by atoms with E-state index in [2.05, 4.69) is 9.97 Å². The van der Waals surface area contributed by atoms with Gasteiger partial charge in [-0.15, -0.1) is 0 Å². The van der Waals surface area contributed by atoms with Gasteiger partial charge in [-0.1, -0.05) is 35.3 Å². The molecule has 1 aromatic heterocycles. The molecule has 0 unspecified atom stereocenters. The quantitative estimate of drug-likeness (QED) is 0.531. The minimum Gasteiger partial charge on any atom is -0.506 e. The highest BCUT2D eigenvalue weighted by Gasteiger charge is 2.15. The van der Waals surface area contributed by atoms with Crippen molar-refractivity contribution in [2.75, 3.05) is 0 Å². The Hall–Kier alpha value is -2.81. The first-order valence-electron chi connectivity index (χ1n) is 6.79. The molecule has 0 saturated heterocycles. The van der Waals surface area contributed by atoms with Crippen LogP contribution in [0, 0.1) is 11.3 Å². The zero-order chi connectivity index (χ0) is 17.3. The summed E-state index contributed by atoms with van der Waals surface area (Å²) in [5, 5.41) is 20.8. The monoisotopic (exact) mass is 357 g/mol. The van der Waals surface area contributed by atoms with Crippen molar-refractivity contribution in [3.63, 3.8) is 0 Å². The highest BCUT2D eigenvalue weighted by molar-refractivity contribution is 6.42. The number of halogens is 2. The maximum absolute atomic E-state index is 12.1. The van der Waals surface area contributed by atoms with Gasteiger partial charge in [0.2, 0.25) is 0 Å². The predicted octanol–water partition coefficient (Wildman–Crippen LogP) is 4.18. The van der Waals surface area contributed by atoms with Crippen LogP contribution >= 0.6 is 23.2 Å². The lowest BCUT2D eigenvalue weighted by atomic mass is 10.1. The minimum atomic E-state index is -0.398. The molecule has 0 bridgehead atoms. The summed E-state index contributed by atoms with van der Waals surface area (Å²) in [4.78, 5) is 18.9. The molecule has 0 amide bonds. The fourth-order valence-corrected chi connectivity index (χ4v) is 2.51. The summed E-state index contributed by atoms with van der Waals surface area (Å²) in [6.45, 7) is 0. The second-order valence-corrected chi connectivity index (χ2v) is 5.71. The Labute approximate surface area is 146 Å². The number of benzene rings is 2. The van der Waals surface area contributed by atoms with Crippen molar-refractivity contribution in [2.45, 2.75) is 0 Å². The summed E-state index contributed by atoms with van der Waals surface area (Å²) in [7, 11) is 0. The molecule has 0 saturated carbocycles. The van der Waals surface area contributed by atoms with E-state index >= 15 is 0 Å². The molecule has 24 heavy (non-hydrogen) atoms. The van der Waals surface area contributed by atoms with Crippen molar-refractivity contribution in [1.29, 1.82) is 5.26 Å². The number of aromatic nitrogens is 2. The highest BCUT2D eigenvalue weighted by atomic mass is 35.5. The number of para-hydroxylation sites is 1. The highest BCUT2D eigenvalue weighted by Crippen LogP contribution is 2.28. The number of rotatable bonds is 2. The van der Waals surface area contributed by atoms with Crippen molar-refractivity contribution in [1.82, 2.24) is 9.97 Å². The van der Waals surface area contributed by atoms with Crippen molar-refractivity contribution in [3.05, 3.63) is 74.3 Å². The summed E-state index contributed by atoms with van der Waals surface area (Å²) in [6, 6.07) is 13.0. The average molecular weight is 358 g/mol. The first-order chi connectivity index (χ1) is 11.5. The fraction of sp³-hybridized carbons (Fsp3) is 0. The van der Waals surface area contributed by atoms with E-state index in [1.54, 1.807) is 24.3 Å². The van der Waals surface area contributed by atoms with Gasteiger partial charge >= 0.3 is 0 Å². The molecular weight excluding hydrogens is 349 g/mol. The third-order valence-electron chi connectivity index (χ3n) is 3.39. The number of aromatic amines is 1. The lowest BCUT2D eigenvalue weighted by molar-refractivity contribution is 0.514. The van der Waals surface area contributed by atoms with Crippen LogP contribution in [-0.4, -0.2) is 15.1 Å². The first kappa shape index (κ1) is 16.1. The van der Waals surface area contributed by atoms with Gasteiger partial charge in [-0.2, -0.15) is 5.26 Å². The van der Waals surface area contributed by atoms with E-state index in [9.17, 15) is 15.2 Å². The van der Waals surface area contributed by atoms with Crippen LogP contribution < -0.4 is 5.56 Å². The van der Waals surface area contributed by atoms with Crippen molar-refractivity contribution < 1.29 is 5.11 Å². The zero-order valence-electron chi connectivity index (χ0n) is 12.0. The third-order valence-corrected chi connectivity index (χ3v) is 4.13. The van der Waals surface area contributed by atoms with Crippen LogP contribution in [0.1, 0.15) is 11.4 Å². The molecule has 0 aliphatic heterocycles. The largest absolute Gasteiger partial charge is 0.506 e. The van der Waals surface area contributed by atoms with Crippen LogP contribution in [0.25, 0.3) is 22.2 Å². The number of nitriles is 1. The molecule has 0 atom stereocenters. The first-order valence-corrected chi connectivity index (χ1v) is 7.55. The van der Waals surface area contributed by atoms with E-state index in [4.69, 9.17) is 23.2 Å². The number of allylic oxidation sites excluding steroid dienone is 1. The number of aliphatic hydroxyl groups excluding tert-OH is 1. The van der Waals surface area contributed by atoms with Crippen LogP contribution in [0.4, 0.5) is 0 Å². The number of hydrogen-bond donors (Lipinski definition) is 2. The van der Waals surface area contributed by atoms with Gasteiger partial charge in [-0.25, -0.2) is 4.98 Å². The molecule has 0 fully saturated rings. The van der Waals surface area contributed by atoms with Crippen LogP contribution in [0.2, 0.25) is 10.0 Å². The van der Waals surface area contributed by atoms with Gasteiger partial charge < -0.3 is 10.1 Å². The number of fused-ring (bicyclic) bond motifs is 1. The smallest absolute Gasteiger partial charge is 0.259 e. The Bertz CT molecular complexity index is 1080. The van der Waals surface area contributed by atoms with E-state index in [0.717, 1.165) is 0 Å². The molecule has 7 heteroatoms. The predicted molar refractivity (Wildman–Crippen MR) is 93.9 cm³/mol. The Kier molecular flexibility index (Phi) is 4.26. The molecule has 2 N–H and O–H groups in total. The average Bonchev–Trinajstić information content (AvgIpc) is 2.58. The van der Waals surface area contributed by atoms with Crippen LogP contribution in [-0.2, 0) is 0 Å². The molecule has 118 valence electrons. The summed E-state index contributed by atoms with van der Waals surface area (Å²) >= 11 is 11.8. The second kappa shape index (κ2) is 6.36. The molecule has 2 aromatic carbocycles. The van der Waals surface area contributed by atoms with Crippen LogP contribution in [0.15, 0.2) is 47.3 Å². The number of H-pyrrole nitrogens is 1. The fourth-order valence-electron chi connectivity index (χ4n) is 2.21. The van der Waals surface area contributed by atoms with Crippen LogP contribution in [0.5, 0.6) is 0 Å². The second-order valence-electron chi connectivity index (χ2n) is 4.90. The number of aliphatic hydroxyl groups is 1. The zero-order valence-corrected chi connectivity index (χ0v) is 13.6. The van der Waals surface area contributed by atoms with Gasteiger partial charge in [0.15, 0.2) is 5.82 Å². The lowest BCUT2D eigenvalue weighted by Crippen LogP contribution is -2.11. The topological polar surface area (TPSA) is 89.8 Å². The SMILES string of the molecule is N#C/C(=C(/O)c1ccc(Cl)c(Cl)c1)c1nc2ccccc2c(=O)[nH]1. The van der Waals surface area contributed by atoms with Gasteiger partial charge in [0.25, 0.3) is 5.56 Å². The summed E-state index contributed by atoms with van der Waals surface area (Å²) in [5.74, 6) is -0.376. The lowest BCUT2D eigenvalue weighted by Gasteiger charge is -2.06. The maximum Gasteiger partial charge on any atom is 0.259 e. The standard InChI is InChI=1S/C17H9Cl2N3O2/c18-12-6-5-9(7-13(12)19)15(23)11(8-20)16-21-14-4-2-1-3-10(14)17(24)22-16/h1-7,23H,(H,21,22,24)/b15-11-. The van der Waals surface area contributed by atoms with Crippen LogP contribution in [0.3, 0.4) is 0 Å². The van der Waals surface area contributed by atoms with Crippen molar-refractivity contribution in [3.8, 4) is 6.07 Å². The molecular formula is C17H9Cl2N3O2. The van der Waals surface area contributed by atoms with E-state index < -0.39 is 5.56 Å². The molecule has 3 rings (SSSR count). The maximum atomic E-state index is 12.1. The van der Waals surface area contributed by atoms with Gasteiger partial charge in [0.1, 0.15) is 17.4 Å². The Morgan fingerprint density at radius 3 is 2.62 bits per heavy atom. The number of nitrogens with zero attached hydrogens (tertiary/aromatic N) is 2. The molecule has 3 aromatic rings. The number of nitrogens with one attached hydrogen (secondary N) is 1. The Balaban J connectivity index is 2.23. The molecule has 0 spiro atoms.